The SMILES string of the molecule is O=C(Nc1cc(O)c(O)c(O)c1)c1c[nH]c2cc(O)cc(O)c2c1=O. The van der Waals surface area contributed by atoms with Crippen LogP contribution in [0.25, 0.3) is 10.9 Å². The molecule has 0 bridgehead atoms. The van der Waals surface area contributed by atoms with Gasteiger partial charge in [0, 0.05) is 36.1 Å². The number of hydrogen-bond donors (Lipinski definition) is 7. The summed E-state index contributed by atoms with van der Waals surface area (Å²) in [7, 11) is 0. The molecule has 1 aromatic heterocycles. The molecule has 25 heavy (non-hydrogen) atoms. The van der Waals surface area contributed by atoms with Gasteiger partial charge in [0.15, 0.2) is 17.2 Å². The van der Waals surface area contributed by atoms with Crippen LogP contribution in [0.1, 0.15) is 10.4 Å². The van der Waals surface area contributed by atoms with Crippen molar-refractivity contribution in [3.8, 4) is 28.7 Å². The minimum absolute atomic E-state index is 0.0628. The van der Waals surface area contributed by atoms with Gasteiger partial charge < -0.3 is 35.8 Å². The number of amides is 1. The lowest BCUT2D eigenvalue weighted by atomic mass is 10.1. The number of anilines is 1. The van der Waals surface area contributed by atoms with Gasteiger partial charge in [-0.15, -0.1) is 0 Å². The zero-order valence-corrected chi connectivity index (χ0v) is 12.4. The maximum Gasteiger partial charge on any atom is 0.261 e. The number of rotatable bonds is 2. The average Bonchev–Trinajstić information content (AvgIpc) is 2.51. The Hall–Kier alpha value is -3.88. The minimum atomic E-state index is -0.875. The lowest BCUT2D eigenvalue weighted by Gasteiger charge is -2.09. The molecular weight excluding hydrogens is 332 g/mol. The van der Waals surface area contributed by atoms with E-state index in [2.05, 4.69) is 10.3 Å². The highest BCUT2D eigenvalue weighted by atomic mass is 16.3. The van der Waals surface area contributed by atoms with E-state index in [-0.39, 0.29) is 27.9 Å². The van der Waals surface area contributed by atoms with E-state index in [0.717, 1.165) is 24.4 Å². The number of phenols is 5. The number of aromatic amines is 1. The van der Waals surface area contributed by atoms with E-state index >= 15 is 0 Å². The highest BCUT2D eigenvalue weighted by Gasteiger charge is 2.17. The van der Waals surface area contributed by atoms with Crippen molar-refractivity contribution < 1.29 is 30.3 Å². The molecule has 3 rings (SSSR count). The van der Waals surface area contributed by atoms with E-state index in [1.165, 1.54) is 6.07 Å². The van der Waals surface area contributed by atoms with Gasteiger partial charge >= 0.3 is 0 Å². The maximum atomic E-state index is 12.4. The predicted octanol–water partition coefficient (Wildman–Crippen LogP) is 1.31. The highest BCUT2D eigenvalue weighted by Crippen LogP contribution is 2.37. The van der Waals surface area contributed by atoms with Crippen LogP contribution in [0.4, 0.5) is 5.69 Å². The fourth-order valence-corrected chi connectivity index (χ4v) is 2.36. The molecule has 1 amide bonds. The summed E-state index contributed by atoms with van der Waals surface area (Å²) in [5, 5.41) is 49.5. The second-order valence-corrected chi connectivity index (χ2v) is 5.24. The van der Waals surface area contributed by atoms with Crippen LogP contribution in [0, 0.1) is 0 Å². The van der Waals surface area contributed by atoms with Crippen molar-refractivity contribution >= 4 is 22.5 Å². The van der Waals surface area contributed by atoms with E-state index in [1.54, 1.807) is 0 Å². The molecular formula is C16H12N2O7. The van der Waals surface area contributed by atoms with Crippen LogP contribution in [0.2, 0.25) is 0 Å². The normalized spacial score (nSPS) is 10.7. The summed E-state index contributed by atoms with van der Waals surface area (Å²) in [5.41, 5.74) is -1.05. The fourth-order valence-electron chi connectivity index (χ4n) is 2.36. The third kappa shape index (κ3) is 2.74. The summed E-state index contributed by atoms with van der Waals surface area (Å²) in [6.07, 6.45) is 1.10. The van der Waals surface area contributed by atoms with Crippen molar-refractivity contribution in [2.45, 2.75) is 0 Å². The van der Waals surface area contributed by atoms with Crippen molar-refractivity contribution in [3.05, 3.63) is 46.2 Å². The molecule has 0 fully saturated rings. The number of nitrogens with one attached hydrogen (secondary N) is 2. The van der Waals surface area contributed by atoms with E-state index < -0.39 is 34.3 Å². The zero-order valence-electron chi connectivity index (χ0n) is 12.4. The molecule has 3 aromatic rings. The highest BCUT2D eigenvalue weighted by molar-refractivity contribution is 6.06. The lowest BCUT2D eigenvalue weighted by Crippen LogP contribution is -2.22. The van der Waals surface area contributed by atoms with E-state index in [1.807, 2.05) is 0 Å². The van der Waals surface area contributed by atoms with Crippen LogP contribution in [0.5, 0.6) is 28.7 Å². The number of aromatic nitrogens is 1. The monoisotopic (exact) mass is 344 g/mol. The molecule has 2 aromatic carbocycles. The molecule has 128 valence electrons. The second-order valence-electron chi connectivity index (χ2n) is 5.24. The summed E-state index contributed by atoms with van der Waals surface area (Å²) in [6.45, 7) is 0. The van der Waals surface area contributed by atoms with E-state index in [9.17, 15) is 35.1 Å². The van der Waals surface area contributed by atoms with Gasteiger partial charge in [0.1, 0.15) is 17.1 Å². The Morgan fingerprint density at radius 2 is 1.56 bits per heavy atom. The molecule has 0 aliphatic carbocycles. The van der Waals surface area contributed by atoms with Gasteiger partial charge in [-0.05, 0) is 0 Å². The number of fused-ring (bicyclic) bond motifs is 1. The molecule has 0 saturated heterocycles. The van der Waals surface area contributed by atoms with Crippen LogP contribution in [-0.4, -0.2) is 36.4 Å². The quantitative estimate of drug-likeness (QED) is 0.272. The molecule has 0 aliphatic heterocycles. The van der Waals surface area contributed by atoms with Gasteiger partial charge in [0.05, 0.1) is 10.9 Å². The standard InChI is InChI=1S/C16H12N2O7/c19-7-3-9-13(10(20)4-7)14(23)8(5-17-9)16(25)18-6-1-11(21)15(24)12(22)2-6/h1-5,19-22,24H,(H,17,23)(H,18,25). The Morgan fingerprint density at radius 1 is 0.920 bits per heavy atom. The molecule has 1 heterocycles. The van der Waals surface area contributed by atoms with Crippen molar-refractivity contribution in [1.82, 2.24) is 4.98 Å². The Bertz CT molecular complexity index is 1050. The van der Waals surface area contributed by atoms with Crippen LogP contribution in [0.3, 0.4) is 0 Å². The Balaban J connectivity index is 2.03. The van der Waals surface area contributed by atoms with Gasteiger partial charge in [-0.3, -0.25) is 9.59 Å². The largest absolute Gasteiger partial charge is 0.508 e. The number of hydrogen-bond acceptors (Lipinski definition) is 7. The van der Waals surface area contributed by atoms with Crippen molar-refractivity contribution in [2.24, 2.45) is 0 Å². The first-order valence-corrected chi connectivity index (χ1v) is 6.91. The summed E-state index contributed by atoms with van der Waals surface area (Å²) in [5.74, 6) is -3.68. The van der Waals surface area contributed by atoms with Gasteiger partial charge in [-0.2, -0.15) is 0 Å². The second kappa shape index (κ2) is 5.64. The van der Waals surface area contributed by atoms with Crippen LogP contribution in [-0.2, 0) is 0 Å². The zero-order chi connectivity index (χ0) is 18.3. The van der Waals surface area contributed by atoms with Crippen molar-refractivity contribution in [3.63, 3.8) is 0 Å². The first-order valence-electron chi connectivity index (χ1n) is 6.91. The maximum absolute atomic E-state index is 12.4. The van der Waals surface area contributed by atoms with Crippen molar-refractivity contribution in [2.75, 3.05) is 5.32 Å². The third-order valence-electron chi connectivity index (χ3n) is 3.52. The van der Waals surface area contributed by atoms with Crippen LogP contribution < -0.4 is 10.7 Å². The van der Waals surface area contributed by atoms with Crippen molar-refractivity contribution in [1.29, 1.82) is 0 Å². The number of carbonyl (C=O) groups is 1. The average molecular weight is 344 g/mol. The fraction of sp³-hybridized carbons (Fsp3) is 0. The molecule has 0 atom stereocenters. The van der Waals surface area contributed by atoms with Crippen LogP contribution in [0.15, 0.2) is 35.3 Å². The third-order valence-corrected chi connectivity index (χ3v) is 3.52. The number of aromatic hydroxyl groups is 5. The summed E-state index contributed by atoms with van der Waals surface area (Å²) < 4.78 is 0. The molecule has 0 radical (unpaired) electrons. The summed E-state index contributed by atoms with van der Waals surface area (Å²) in [4.78, 5) is 27.3. The Kier molecular flexibility index (Phi) is 3.61. The minimum Gasteiger partial charge on any atom is -0.508 e. The predicted molar refractivity (Wildman–Crippen MR) is 87.3 cm³/mol. The number of pyridine rings is 1. The topological polar surface area (TPSA) is 163 Å². The number of carbonyl (C=O) groups excluding carboxylic acids is 1. The Labute approximate surface area is 139 Å². The molecule has 0 aliphatic rings. The van der Waals surface area contributed by atoms with E-state index in [4.69, 9.17) is 0 Å². The van der Waals surface area contributed by atoms with Gasteiger partial charge in [-0.25, -0.2) is 0 Å². The van der Waals surface area contributed by atoms with Gasteiger partial charge in [-0.1, -0.05) is 0 Å². The van der Waals surface area contributed by atoms with E-state index in [0.29, 0.717) is 0 Å². The molecule has 0 unspecified atom stereocenters. The molecule has 0 spiro atoms. The number of benzene rings is 2. The van der Waals surface area contributed by atoms with Crippen LogP contribution >= 0.6 is 0 Å². The number of H-pyrrole nitrogens is 1. The smallest absolute Gasteiger partial charge is 0.261 e. The molecule has 0 saturated carbocycles. The Morgan fingerprint density at radius 3 is 2.20 bits per heavy atom. The lowest BCUT2D eigenvalue weighted by molar-refractivity contribution is 0.102. The molecule has 9 heteroatoms. The van der Waals surface area contributed by atoms with Gasteiger partial charge in [0.25, 0.3) is 5.91 Å². The van der Waals surface area contributed by atoms with Gasteiger partial charge in [0.2, 0.25) is 5.43 Å². The summed E-state index contributed by atoms with van der Waals surface area (Å²) >= 11 is 0. The molecule has 7 N–H and O–H groups in total. The first kappa shape index (κ1) is 16.0. The first-order chi connectivity index (χ1) is 11.8. The number of phenolic OH excluding ortho intramolecular Hbond substituents is 5. The summed E-state index contributed by atoms with van der Waals surface area (Å²) in [6, 6.07) is 4.15. The molecule has 9 nitrogen and oxygen atoms in total.